The van der Waals surface area contributed by atoms with Gasteiger partial charge < -0.3 is 15.1 Å². The van der Waals surface area contributed by atoms with E-state index in [9.17, 15) is 0 Å². The minimum atomic E-state index is 0. The molecule has 1 unspecified atom stereocenters. The normalized spacial score (nSPS) is 26.6. The smallest absolute Gasteiger partial charge is 0.193 e. The SMILES string of the molecule is CCN1CCC(CNC(=NC)N2CCSC(C)(C)C2)C1.I. The summed E-state index contributed by atoms with van der Waals surface area (Å²) in [5.41, 5.74) is 0. The number of hydrogen-bond acceptors (Lipinski definition) is 3. The van der Waals surface area contributed by atoms with Crippen LogP contribution < -0.4 is 5.32 Å². The number of thioether (sulfide) groups is 1. The zero-order chi connectivity index (χ0) is 14.6. The van der Waals surface area contributed by atoms with E-state index in [1.165, 1.54) is 31.8 Å². The highest BCUT2D eigenvalue weighted by Crippen LogP contribution is 2.29. The molecule has 0 spiro atoms. The molecule has 1 atom stereocenters. The summed E-state index contributed by atoms with van der Waals surface area (Å²) in [6, 6.07) is 0. The second-order valence-electron chi connectivity index (χ2n) is 6.51. The predicted octanol–water partition coefficient (Wildman–Crippen LogP) is 2.35. The van der Waals surface area contributed by atoms with Crippen molar-refractivity contribution in [1.82, 2.24) is 15.1 Å². The van der Waals surface area contributed by atoms with Gasteiger partial charge in [0.15, 0.2) is 5.96 Å². The molecule has 0 aromatic rings. The zero-order valence-corrected chi connectivity index (χ0v) is 17.0. The number of hydrogen-bond donors (Lipinski definition) is 1. The van der Waals surface area contributed by atoms with Crippen molar-refractivity contribution in [1.29, 1.82) is 0 Å². The fourth-order valence-electron chi connectivity index (χ4n) is 3.13. The van der Waals surface area contributed by atoms with Crippen molar-refractivity contribution >= 4 is 41.7 Å². The highest BCUT2D eigenvalue weighted by molar-refractivity contribution is 14.0. The Bertz CT molecular complexity index is 349. The molecule has 2 heterocycles. The number of aliphatic imine (C=N–C) groups is 1. The van der Waals surface area contributed by atoms with Gasteiger partial charge in [-0.05, 0) is 39.3 Å². The Kier molecular flexibility index (Phi) is 8.13. The Morgan fingerprint density at radius 2 is 2.14 bits per heavy atom. The van der Waals surface area contributed by atoms with Crippen LogP contribution in [0, 0.1) is 5.92 Å². The lowest BCUT2D eigenvalue weighted by Gasteiger charge is -2.39. The van der Waals surface area contributed by atoms with Gasteiger partial charge in [0.2, 0.25) is 0 Å². The number of guanidine groups is 1. The van der Waals surface area contributed by atoms with E-state index < -0.39 is 0 Å². The van der Waals surface area contributed by atoms with Crippen LogP contribution in [0.4, 0.5) is 0 Å². The largest absolute Gasteiger partial charge is 0.356 e. The molecule has 0 saturated carbocycles. The van der Waals surface area contributed by atoms with Crippen LogP contribution in [0.15, 0.2) is 4.99 Å². The van der Waals surface area contributed by atoms with E-state index in [4.69, 9.17) is 0 Å². The van der Waals surface area contributed by atoms with E-state index in [2.05, 4.69) is 52.6 Å². The van der Waals surface area contributed by atoms with E-state index in [0.29, 0.717) is 4.75 Å². The van der Waals surface area contributed by atoms with Crippen molar-refractivity contribution in [2.24, 2.45) is 10.9 Å². The Labute approximate surface area is 151 Å². The first kappa shape index (κ1) is 19.4. The quantitative estimate of drug-likeness (QED) is 0.427. The number of likely N-dealkylation sites (tertiary alicyclic amines) is 1. The van der Waals surface area contributed by atoms with Gasteiger partial charge in [-0.3, -0.25) is 4.99 Å². The first-order valence-electron chi connectivity index (χ1n) is 7.86. The molecule has 0 bridgehead atoms. The first-order chi connectivity index (χ1) is 9.54. The van der Waals surface area contributed by atoms with Crippen LogP contribution in [-0.4, -0.2) is 72.6 Å². The topological polar surface area (TPSA) is 30.9 Å². The highest BCUT2D eigenvalue weighted by atomic mass is 127. The fourth-order valence-corrected chi connectivity index (χ4v) is 4.24. The number of halogens is 1. The molecular formula is C15H31IN4S. The van der Waals surface area contributed by atoms with E-state index >= 15 is 0 Å². The van der Waals surface area contributed by atoms with Gasteiger partial charge in [0, 0.05) is 43.7 Å². The molecule has 2 fully saturated rings. The Hall–Kier alpha value is 0.310. The van der Waals surface area contributed by atoms with Crippen molar-refractivity contribution in [3.63, 3.8) is 0 Å². The van der Waals surface area contributed by atoms with Crippen LogP contribution in [0.2, 0.25) is 0 Å². The van der Waals surface area contributed by atoms with Crippen LogP contribution in [0.3, 0.4) is 0 Å². The fraction of sp³-hybridized carbons (Fsp3) is 0.933. The van der Waals surface area contributed by atoms with Crippen molar-refractivity contribution in [3.05, 3.63) is 0 Å². The third-order valence-electron chi connectivity index (χ3n) is 4.30. The summed E-state index contributed by atoms with van der Waals surface area (Å²) in [5, 5.41) is 3.60. The van der Waals surface area contributed by atoms with Crippen LogP contribution in [-0.2, 0) is 0 Å². The summed E-state index contributed by atoms with van der Waals surface area (Å²) in [6.07, 6.45) is 1.32. The average Bonchev–Trinajstić information content (AvgIpc) is 2.86. The van der Waals surface area contributed by atoms with Crippen molar-refractivity contribution in [2.75, 3.05) is 52.1 Å². The van der Waals surface area contributed by atoms with Crippen molar-refractivity contribution in [2.45, 2.75) is 31.9 Å². The number of nitrogens with one attached hydrogen (secondary N) is 1. The maximum atomic E-state index is 4.49. The van der Waals surface area contributed by atoms with E-state index in [-0.39, 0.29) is 24.0 Å². The van der Waals surface area contributed by atoms with Gasteiger partial charge in [-0.1, -0.05) is 6.92 Å². The van der Waals surface area contributed by atoms with Gasteiger partial charge in [0.1, 0.15) is 0 Å². The summed E-state index contributed by atoms with van der Waals surface area (Å²) in [6.45, 7) is 13.8. The van der Waals surface area contributed by atoms with Crippen molar-refractivity contribution in [3.8, 4) is 0 Å². The van der Waals surface area contributed by atoms with Gasteiger partial charge in [-0.15, -0.1) is 24.0 Å². The molecule has 0 aromatic heterocycles. The monoisotopic (exact) mass is 426 g/mol. The second kappa shape index (κ2) is 8.82. The first-order valence-corrected chi connectivity index (χ1v) is 8.84. The van der Waals surface area contributed by atoms with Crippen LogP contribution in [0.5, 0.6) is 0 Å². The predicted molar refractivity (Wildman–Crippen MR) is 105 cm³/mol. The Morgan fingerprint density at radius 3 is 2.71 bits per heavy atom. The zero-order valence-electron chi connectivity index (χ0n) is 13.9. The lowest BCUT2D eigenvalue weighted by atomic mass is 10.1. The summed E-state index contributed by atoms with van der Waals surface area (Å²) < 4.78 is 0.336. The molecule has 4 nitrogen and oxygen atoms in total. The minimum Gasteiger partial charge on any atom is -0.356 e. The molecule has 2 saturated heterocycles. The molecule has 2 aliphatic heterocycles. The maximum absolute atomic E-state index is 4.49. The summed E-state index contributed by atoms with van der Waals surface area (Å²) in [5.74, 6) is 3.06. The van der Waals surface area contributed by atoms with E-state index in [1.54, 1.807) is 0 Å². The Morgan fingerprint density at radius 1 is 1.38 bits per heavy atom. The molecule has 0 radical (unpaired) electrons. The summed E-state index contributed by atoms with van der Waals surface area (Å²) >= 11 is 2.07. The van der Waals surface area contributed by atoms with Gasteiger partial charge in [-0.2, -0.15) is 11.8 Å². The molecule has 21 heavy (non-hydrogen) atoms. The molecule has 1 N–H and O–H groups in total. The molecule has 6 heteroatoms. The van der Waals surface area contributed by atoms with Gasteiger partial charge in [-0.25, -0.2) is 0 Å². The molecule has 0 aromatic carbocycles. The lowest BCUT2D eigenvalue weighted by Crippen LogP contribution is -2.51. The van der Waals surface area contributed by atoms with Crippen LogP contribution in [0.1, 0.15) is 27.2 Å². The molecule has 2 aliphatic rings. The minimum absolute atomic E-state index is 0. The molecule has 0 amide bonds. The Balaban J connectivity index is 0.00000220. The van der Waals surface area contributed by atoms with Crippen LogP contribution in [0.25, 0.3) is 0 Å². The van der Waals surface area contributed by atoms with Gasteiger partial charge in [0.25, 0.3) is 0 Å². The average molecular weight is 426 g/mol. The summed E-state index contributed by atoms with van der Waals surface area (Å²) in [7, 11) is 1.91. The van der Waals surface area contributed by atoms with Gasteiger partial charge in [0.05, 0.1) is 0 Å². The van der Waals surface area contributed by atoms with E-state index in [0.717, 1.165) is 31.5 Å². The third-order valence-corrected chi connectivity index (χ3v) is 5.60. The molecule has 124 valence electrons. The molecule has 0 aliphatic carbocycles. The van der Waals surface area contributed by atoms with Gasteiger partial charge >= 0.3 is 0 Å². The van der Waals surface area contributed by atoms with Crippen molar-refractivity contribution < 1.29 is 0 Å². The molecule has 2 rings (SSSR count). The number of nitrogens with zero attached hydrogens (tertiary/aromatic N) is 3. The lowest BCUT2D eigenvalue weighted by molar-refractivity contribution is 0.338. The van der Waals surface area contributed by atoms with Crippen LogP contribution >= 0.6 is 35.7 Å². The standard InChI is InChI=1S/C15H30N4S.HI/c1-5-18-7-6-13(11-18)10-17-14(16-4)19-8-9-20-15(2,3)12-19;/h13H,5-12H2,1-4H3,(H,16,17);1H. The highest BCUT2D eigenvalue weighted by Gasteiger charge is 2.29. The third kappa shape index (κ3) is 5.78. The number of rotatable bonds is 3. The second-order valence-corrected chi connectivity index (χ2v) is 8.31. The maximum Gasteiger partial charge on any atom is 0.193 e. The van der Waals surface area contributed by atoms with E-state index in [1.807, 2.05) is 7.05 Å². The summed E-state index contributed by atoms with van der Waals surface area (Å²) in [4.78, 5) is 9.44. The molecular weight excluding hydrogens is 395 g/mol.